The Balaban J connectivity index is 0.000000561. The average molecular weight is 171 g/mol. The van der Waals surface area contributed by atoms with Gasteiger partial charge in [-0.15, -0.1) is 0 Å². The summed E-state index contributed by atoms with van der Waals surface area (Å²) in [5.74, 6) is 0. The van der Waals surface area contributed by atoms with E-state index in [0.29, 0.717) is 6.54 Å². The first-order valence-corrected chi connectivity index (χ1v) is 3.90. The topological polar surface area (TPSA) is 67.8 Å². The second-order valence-corrected chi connectivity index (χ2v) is 1.77. The van der Waals surface area contributed by atoms with Gasteiger partial charge in [0.1, 0.15) is 6.33 Å². The van der Waals surface area contributed by atoms with Crippen molar-refractivity contribution in [2.45, 2.75) is 27.3 Å². The molecule has 0 atom stereocenters. The van der Waals surface area contributed by atoms with E-state index in [-0.39, 0.29) is 0 Å². The highest BCUT2D eigenvalue weighted by Crippen LogP contribution is 1.67. The van der Waals surface area contributed by atoms with E-state index in [0.717, 1.165) is 0 Å². The average Bonchev–Trinajstić information content (AvgIpc) is 2.08. The number of hydrogen-bond acceptors (Lipinski definition) is 3. The largest absolute Gasteiger partial charge is 0.350 e. The number of aromatic nitrogens is 3. The molecule has 0 fully saturated rings. The normalized spacial score (nSPS) is 8.58. The number of aryl methyl sites for hydroxylation is 1. The fourth-order valence-corrected chi connectivity index (χ4v) is 0.595. The third-order valence-electron chi connectivity index (χ3n) is 1.13. The highest BCUT2D eigenvalue weighted by Gasteiger charge is 1.90. The summed E-state index contributed by atoms with van der Waals surface area (Å²) in [6, 6.07) is 0. The fraction of sp³-hybridized carbons (Fsp3) is 0.571. The number of aromatic amines is 1. The lowest BCUT2D eigenvalue weighted by molar-refractivity contribution is 0.664. The molecule has 0 saturated heterocycles. The third-order valence-corrected chi connectivity index (χ3v) is 1.13. The molecule has 1 N–H and O–H groups in total. The van der Waals surface area contributed by atoms with Crippen molar-refractivity contribution in [2.24, 2.45) is 0 Å². The van der Waals surface area contributed by atoms with Crippen molar-refractivity contribution in [2.75, 3.05) is 0 Å². The van der Waals surface area contributed by atoms with Crippen LogP contribution in [0.1, 0.15) is 20.8 Å². The first-order valence-electron chi connectivity index (χ1n) is 3.90. The predicted molar refractivity (Wildman–Crippen MR) is 46.1 cm³/mol. The molecule has 0 unspecified atom stereocenters. The summed E-state index contributed by atoms with van der Waals surface area (Å²) >= 11 is 0. The van der Waals surface area contributed by atoms with E-state index < -0.39 is 11.4 Å². The SMILES string of the molecule is CC.CCn1cnc(=O)[nH]c1=O. The Morgan fingerprint density at radius 3 is 2.50 bits per heavy atom. The van der Waals surface area contributed by atoms with Crippen LogP contribution >= 0.6 is 0 Å². The lowest BCUT2D eigenvalue weighted by Crippen LogP contribution is -2.30. The van der Waals surface area contributed by atoms with E-state index in [1.807, 2.05) is 18.8 Å². The molecule has 5 heteroatoms. The van der Waals surface area contributed by atoms with Gasteiger partial charge in [-0.25, -0.2) is 9.59 Å². The highest BCUT2D eigenvalue weighted by atomic mass is 16.2. The van der Waals surface area contributed by atoms with Gasteiger partial charge in [-0.3, -0.25) is 9.55 Å². The zero-order chi connectivity index (χ0) is 9.56. The van der Waals surface area contributed by atoms with Gasteiger partial charge < -0.3 is 0 Å². The van der Waals surface area contributed by atoms with Gasteiger partial charge >= 0.3 is 11.4 Å². The molecule has 0 aliphatic heterocycles. The van der Waals surface area contributed by atoms with Crippen LogP contribution in [0.3, 0.4) is 0 Å². The van der Waals surface area contributed by atoms with E-state index in [1.165, 1.54) is 10.9 Å². The van der Waals surface area contributed by atoms with Crippen LogP contribution in [-0.2, 0) is 6.54 Å². The quantitative estimate of drug-likeness (QED) is 0.645. The van der Waals surface area contributed by atoms with Crippen LogP contribution in [0.2, 0.25) is 0 Å². The van der Waals surface area contributed by atoms with Crippen molar-refractivity contribution in [1.82, 2.24) is 14.5 Å². The zero-order valence-corrected chi connectivity index (χ0v) is 7.50. The Labute approximate surface area is 70.1 Å². The number of hydrogen-bond donors (Lipinski definition) is 1. The molecule has 68 valence electrons. The van der Waals surface area contributed by atoms with Crippen molar-refractivity contribution >= 4 is 0 Å². The van der Waals surface area contributed by atoms with Crippen LogP contribution in [0, 0.1) is 0 Å². The van der Waals surface area contributed by atoms with Crippen molar-refractivity contribution < 1.29 is 0 Å². The minimum atomic E-state index is -0.602. The second-order valence-electron chi connectivity index (χ2n) is 1.77. The Morgan fingerprint density at radius 1 is 1.50 bits per heavy atom. The number of nitrogens with zero attached hydrogens (tertiary/aromatic N) is 2. The minimum absolute atomic E-state index is 0.414. The van der Waals surface area contributed by atoms with E-state index in [2.05, 4.69) is 4.98 Å². The van der Waals surface area contributed by atoms with Gasteiger partial charge in [-0.1, -0.05) is 13.8 Å². The Bertz CT molecular complexity index is 326. The Hall–Kier alpha value is -1.39. The fourth-order valence-electron chi connectivity index (χ4n) is 0.595. The Morgan fingerprint density at radius 2 is 2.08 bits per heavy atom. The van der Waals surface area contributed by atoms with Crippen LogP contribution in [-0.4, -0.2) is 14.5 Å². The molecule has 0 saturated carbocycles. The molecule has 0 aliphatic carbocycles. The van der Waals surface area contributed by atoms with E-state index in [1.54, 1.807) is 6.92 Å². The van der Waals surface area contributed by atoms with Crippen molar-refractivity contribution in [1.29, 1.82) is 0 Å². The molecule has 5 nitrogen and oxygen atoms in total. The minimum Gasteiger partial charge on any atom is -0.284 e. The third kappa shape index (κ3) is 2.69. The Kier molecular flexibility index (Phi) is 4.67. The maximum absolute atomic E-state index is 10.7. The first-order chi connectivity index (χ1) is 5.74. The van der Waals surface area contributed by atoms with Gasteiger partial charge in [0, 0.05) is 6.54 Å². The lowest BCUT2D eigenvalue weighted by atomic mass is 10.7. The molecule has 0 aliphatic rings. The number of H-pyrrole nitrogens is 1. The molecular weight excluding hydrogens is 158 g/mol. The summed E-state index contributed by atoms with van der Waals surface area (Å²) < 4.78 is 1.31. The summed E-state index contributed by atoms with van der Waals surface area (Å²) in [5.41, 5.74) is -1.02. The molecule has 0 spiro atoms. The summed E-state index contributed by atoms with van der Waals surface area (Å²) in [4.78, 5) is 26.5. The molecule has 1 aromatic rings. The van der Waals surface area contributed by atoms with Gasteiger partial charge in [0.25, 0.3) is 0 Å². The maximum Gasteiger partial charge on any atom is 0.350 e. The molecule has 0 aromatic carbocycles. The monoisotopic (exact) mass is 171 g/mol. The standard InChI is InChI=1S/C5H7N3O2.C2H6/c1-2-8-3-6-4(9)7-5(8)10;1-2/h3H,2H2,1H3,(H,7,9,10);1-2H3. The van der Waals surface area contributed by atoms with Gasteiger partial charge in [0.15, 0.2) is 0 Å². The number of nitrogens with one attached hydrogen (secondary N) is 1. The van der Waals surface area contributed by atoms with E-state index in [9.17, 15) is 9.59 Å². The molecule has 0 bridgehead atoms. The number of rotatable bonds is 1. The van der Waals surface area contributed by atoms with Crippen LogP contribution < -0.4 is 11.4 Å². The molecular formula is C7H13N3O2. The zero-order valence-electron chi connectivity index (χ0n) is 7.50. The summed E-state index contributed by atoms with van der Waals surface area (Å²) in [6.07, 6.45) is 1.22. The molecule has 0 amide bonds. The van der Waals surface area contributed by atoms with Gasteiger partial charge in [-0.05, 0) is 6.92 Å². The summed E-state index contributed by atoms with van der Waals surface area (Å²) in [6.45, 7) is 6.31. The maximum atomic E-state index is 10.7. The molecule has 12 heavy (non-hydrogen) atoms. The highest BCUT2D eigenvalue weighted by molar-refractivity contribution is 4.65. The van der Waals surface area contributed by atoms with Gasteiger partial charge in [-0.2, -0.15) is 4.98 Å². The molecule has 1 heterocycles. The molecule has 1 rings (SSSR count). The lowest BCUT2D eigenvalue weighted by Gasteiger charge is -1.94. The van der Waals surface area contributed by atoms with E-state index in [4.69, 9.17) is 0 Å². The van der Waals surface area contributed by atoms with Crippen molar-refractivity contribution in [3.8, 4) is 0 Å². The van der Waals surface area contributed by atoms with Gasteiger partial charge in [0.2, 0.25) is 0 Å². The smallest absolute Gasteiger partial charge is 0.284 e. The first kappa shape index (κ1) is 10.6. The van der Waals surface area contributed by atoms with Crippen molar-refractivity contribution in [3.63, 3.8) is 0 Å². The molecule has 0 radical (unpaired) electrons. The van der Waals surface area contributed by atoms with Gasteiger partial charge in [0.05, 0.1) is 0 Å². The summed E-state index contributed by atoms with van der Waals surface area (Å²) in [5, 5.41) is 0. The summed E-state index contributed by atoms with van der Waals surface area (Å²) in [7, 11) is 0. The van der Waals surface area contributed by atoms with Crippen LogP contribution in [0.5, 0.6) is 0 Å². The second kappa shape index (κ2) is 5.29. The van der Waals surface area contributed by atoms with E-state index >= 15 is 0 Å². The van der Waals surface area contributed by atoms with Crippen LogP contribution in [0.4, 0.5) is 0 Å². The van der Waals surface area contributed by atoms with Crippen molar-refractivity contribution in [3.05, 3.63) is 27.3 Å². The van der Waals surface area contributed by atoms with Crippen LogP contribution in [0.15, 0.2) is 15.9 Å². The molecule has 1 aromatic heterocycles. The predicted octanol–water partition coefficient (Wildman–Crippen LogP) is -0.0223. The van der Waals surface area contributed by atoms with Crippen LogP contribution in [0.25, 0.3) is 0 Å².